The summed E-state index contributed by atoms with van der Waals surface area (Å²) in [5.74, 6) is 0.00492. The van der Waals surface area contributed by atoms with Crippen LogP contribution in [0.2, 0.25) is 0 Å². The number of hydrogen-bond acceptors (Lipinski definition) is 2. The average Bonchev–Trinajstić information content (AvgIpc) is 2.34. The SMILES string of the molecule is CC(=O)NCCNc1ccc2ccccc2c1. The molecule has 2 rings (SSSR count). The monoisotopic (exact) mass is 228 g/mol. The van der Waals surface area contributed by atoms with Crippen LogP contribution >= 0.6 is 0 Å². The van der Waals surface area contributed by atoms with Crippen molar-refractivity contribution >= 4 is 22.4 Å². The highest BCUT2D eigenvalue weighted by Gasteiger charge is 1.95. The number of fused-ring (bicyclic) bond motifs is 1. The molecule has 2 aromatic carbocycles. The molecule has 0 atom stereocenters. The number of carbonyl (C=O) groups is 1. The van der Waals surface area contributed by atoms with E-state index >= 15 is 0 Å². The van der Waals surface area contributed by atoms with Gasteiger partial charge in [0.2, 0.25) is 5.91 Å². The van der Waals surface area contributed by atoms with Gasteiger partial charge in [-0.3, -0.25) is 4.79 Å². The van der Waals surface area contributed by atoms with Gasteiger partial charge in [0, 0.05) is 25.7 Å². The van der Waals surface area contributed by atoms with Crippen LogP contribution in [0.4, 0.5) is 5.69 Å². The van der Waals surface area contributed by atoms with Crippen LogP contribution in [0.3, 0.4) is 0 Å². The van der Waals surface area contributed by atoms with Gasteiger partial charge in [-0.25, -0.2) is 0 Å². The lowest BCUT2D eigenvalue weighted by atomic mass is 10.1. The van der Waals surface area contributed by atoms with Crippen LogP contribution in [0, 0.1) is 0 Å². The molecule has 0 heterocycles. The lowest BCUT2D eigenvalue weighted by molar-refractivity contribution is -0.118. The molecule has 0 fully saturated rings. The second-order valence-electron chi connectivity index (χ2n) is 3.97. The third kappa shape index (κ3) is 3.21. The van der Waals surface area contributed by atoms with Crippen LogP contribution in [-0.4, -0.2) is 19.0 Å². The van der Waals surface area contributed by atoms with E-state index in [0.29, 0.717) is 6.54 Å². The summed E-state index contributed by atoms with van der Waals surface area (Å²) < 4.78 is 0. The number of anilines is 1. The molecule has 17 heavy (non-hydrogen) atoms. The maximum Gasteiger partial charge on any atom is 0.216 e. The van der Waals surface area contributed by atoms with Crippen molar-refractivity contribution in [1.29, 1.82) is 0 Å². The lowest BCUT2D eigenvalue weighted by Crippen LogP contribution is -2.26. The standard InChI is InChI=1S/C14H16N2O/c1-11(17)15-8-9-16-14-7-6-12-4-2-3-5-13(12)10-14/h2-7,10,16H,8-9H2,1H3,(H,15,17). The van der Waals surface area contributed by atoms with Gasteiger partial charge in [0.05, 0.1) is 0 Å². The third-order valence-electron chi connectivity index (χ3n) is 2.58. The molecule has 0 aliphatic carbocycles. The summed E-state index contributed by atoms with van der Waals surface area (Å²) in [6.07, 6.45) is 0. The summed E-state index contributed by atoms with van der Waals surface area (Å²) in [6.45, 7) is 2.90. The Hall–Kier alpha value is -2.03. The maximum atomic E-state index is 10.7. The second-order valence-corrected chi connectivity index (χ2v) is 3.97. The minimum atomic E-state index is 0.00492. The third-order valence-corrected chi connectivity index (χ3v) is 2.58. The molecule has 2 N–H and O–H groups in total. The molecule has 1 amide bonds. The molecule has 0 aromatic heterocycles. The van der Waals surface area contributed by atoms with Crippen LogP contribution in [0.1, 0.15) is 6.92 Å². The summed E-state index contributed by atoms with van der Waals surface area (Å²) in [5.41, 5.74) is 1.08. The van der Waals surface area contributed by atoms with E-state index in [1.807, 2.05) is 12.1 Å². The van der Waals surface area contributed by atoms with Crippen molar-refractivity contribution in [2.45, 2.75) is 6.92 Å². The van der Waals surface area contributed by atoms with Crippen molar-refractivity contribution < 1.29 is 4.79 Å². The van der Waals surface area contributed by atoms with Crippen molar-refractivity contribution in [3.63, 3.8) is 0 Å². The number of nitrogens with one attached hydrogen (secondary N) is 2. The highest BCUT2D eigenvalue weighted by Crippen LogP contribution is 2.18. The van der Waals surface area contributed by atoms with Gasteiger partial charge in [0.1, 0.15) is 0 Å². The number of benzene rings is 2. The van der Waals surface area contributed by atoms with E-state index in [0.717, 1.165) is 12.2 Å². The van der Waals surface area contributed by atoms with Gasteiger partial charge < -0.3 is 10.6 Å². The summed E-state index contributed by atoms with van der Waals surface area (Å²) in [6, 6.07) is 14.5. The zero-order chi connectivity index (χ0) is 12.1. The predicted octanol–water partition coefficient (Wildman–Crippen LogP) is 2.39. The maximum absolute atomic E-state index is 10.7. The Morgan fingerprint density at radius 3 is 2.59 bits per heavy atom. The van der Waals surface area contributed by atoms with Gasteiger partial charge in [-0.2, -0.15) is 0 Å². The quantitative estimate of drug-likeness (QED) is 0.789. The summed E-state index contributed by atoms with van der Waals surface area (Å²) in [5, 5.41) is 8.48. The fraction of sp³-hybridized carbons (Fsp3) is 0.214. The normalized spacial score (nSPS) is 10.2. The average molecular weight is 228 g/mol. The fourth-order valence-corrected chi connectivity index (χ4v) is 1.74. The molecule has 3 nitrogen and oxygen atoms in total. The molecule has 0 aliphatic heterocycles. The first kappa shape index (κ1) is 11.5. The molecular formula is C14H16N2O. The molecular weight excluding hydrogens is 212 g/mol. The van der Waals surface area contributed by atoms with Gasteiger partial charge in [0.15, 0.2) is 0 Å². The Balaban J connectivity index is 1.97. The highest BCUT2D eigenvalue weighted by molar-refractivity contribution is 5.85. The van der Waals surface area contributed by atoms with Crippen LogP contribution < -0.4 is 10.6 Å². The Bertz CT molecular complexity index is 522. The van der Waals surface area contributed by atoms with E-state index < -0.39 is 0 Å². The molecule has 0 aliphatic rings. The molecule has 0 unspecified atom stereocenters. The van der Waals surface area contributed by atoms with E-state index in [2.05, 4.69) is 41.0 Å². The summed E-state index contributed by atoms with van der Waals surface area (Å²) >= 11 is 0. The van der Waals surface area contributed by atoms with Crippen LogP contribution in [0.5, 0.6) is 0 Å². The first-order valence-electron chi connectivity index (χ1n) is 5.73. The summed E-state index contributed by atoms with van der Waals surface area (Å²) in [7, 11) is 0. The second kappa shape index (κ2) is 5.34. The van der Waals surface area contributed by atoms with Gasteiger partial charge in [0.25, 0.3) is 0 Å². The number of rotatable bonds is 4. The first-order chi connectivity index (χ1) is 8.25. The molecule has 2 aromatic rings. The first-order valence-corrected chi connectivity index (χ1v) is 5.73. The van der Waals surface area contributed by atoms with Gasteiger partial charge in [-0.15, -0.1) is 0 Å². The Morgan fingerprint density at radius 1 is 1.06 bits per heavy atom. The van der Waals surface area contributed by atoms with E-state index in [9.17, 15) is 4.79 Å². The zero-order valence-corrected chi connectivity index (χ0v) is 9.86. The molecule has 0 spiro atoms. The summed E-state index contributed by atoms with van der Waals surface area (Å²) in [4.78, 5) is 10.7. The lowest BCUT2D eigenvalue weighted by Gasteiger charge is -2.07. The van der Waals surface area contributed by atoms with Crippen LogP contribution in [-0.2, 0) is 4.79 Å². The molecule has 88 valence electrons. The zero-order valence-electron chi connectivity index (χ0n) is 9.86. The van der Waals surface area contributed by atoms with Crippen molar-refractivity contribution in [1.82, 2.24) is 5.32 Å². The fourth-order valence-electron chi connectivity index (χ4n) is 1.74. The van der Waals surface area contributed by atoms with Crippen molar-refractivity contribution in [2.75, 3.05) is 18.4 Å². The van der Waals surface area contributed by atoms with Gasteiger partial charge in [-0.05, 0) is 22.9 Å². The number of hydrogen-bond donors (Lipinski definition) is 2. The number of carbonyl (C=O) groups excluding carboxylic acids is 1. The highest BCUT2D eigenvalue weighted by atomic mass is 16.1. The molecule has 3 heteroatoms. The Kier molecular flexibility index (Phi) is 3.60. The Morgan fingerprint density at radius 2 is 1.82 bits per heavy atom. The minimum absolute atomic E-state index is 0.00492. The van der Waals surface area contributed by atoms with Crippen LogP contribution in [0.25, 0.3) is 10.8 Å². The van der Waals surface area contributed by atoms with Gasteiger partial charge in [-0.1, -0.05) is 30.3 Å². The molecule has 0 radical (unpaired) electrons. The number of amides is 1. The topological polar surface area (TPSA) is 41.1 Å². The van der Waals surface area contributed by atoms with Crippen LogP contribution in [0.15, 0.2) is 42.5 Å². The van der Waals surface area contributed by atoms with E-state index in [4.69, 9.17) is 0 Å². The van der Waals surface area contributed by atoms with Gasteiger partial charge >= 0.3 is 0 Å². The largest absolute Gasteiger partial charge is 0.383 e. The van der Waals surface area contributed by atoms with E-state index in [-0.39, 0.29) is 5.91 Å². The van der Waals surface area contributed by atoms with E-state index in [1.54, 1.807) is 0 Å². The molecule has 0 saturated carbocycles. The smallest absolute Gasteiger partial charge is 0.216 e. The molecule has 0 saturated heterocycles. The molecule has 0 bridgehead atoms. The van der Waals surface area contributed by atoms with Crippen molar-refractivity contribution in [3.8, 4) is 0 Å². The van der Waals surface area contributed by atoms with Crippen molar-refractivity contribution in [3.05, 3.63) is 42.5 Å². The Labute approximate surface area is 101 Å². The predicted molar refractivity (Wildman–Crippen MR) is 71.1 cm³/mol. The van der Waals surface area contributed by atoms with E-state index in [1.165, 1.54) is 17.7 Å². The minimum Gasteiger partial charge on any atom is -0.383 e. The van der Waals surface area contributed by atoms with Crippen molar-refractivity contribution in [2.24, 2.45) is 0 Å².